The minimum Gasteiger partial charge on any atom is 0 e. The molecule has 0 aromatic rings. The summed E-state index contributed by atoms with van der Waals surface area (Å²) in [5.41, 5.74) is 0. The van der Waals surface area contributed by atoms with Crippen LogP contribution in [0, 0.1) is 14.9 Å². The molecule has 0 N–H and O–H groups in total. The van der Waals surface area contributed by atoms with E-state index < -0.39 is 0 Å². The maximum Gasteiger partial charge on any atom is 0 e. The normalized spacial score (nSPS) is 30.2. The zero-order chi connectivity index (χ0) is 10.7. The van der Waals surface area contributed by atoms with Gasteiger partial charge in [-0.15, -0.1) is 13.1 Å². The molecule has 0 bridgehead atoms. The third-order valence-corrected chi connectivity index (χ3v) is 3.22. The van der Waals surface area contributed by atoms with Crippen LogP contribution >= 0.6 is 0 Å². The monoisotopic (exact) mass is 366 g/mol. The summed E-state index contributed by atoms with van der Waals surface area (Å²) in [7, 11) is 0. The second-order valence-electron chi connectivity index (χ2n) is 4.11. The molecule has 3 fully saturated rings. The summed E-state index contributed by atoms with van der Waals surface area (Å²) in [6, 6.07) is 0. The molecule has 0 spiro atoms. The van der Waals surface area contributed by atoms with E-state index in [1.165, 1.54) is 25.9 Å². The summed E-state index contributed by atoms with van der Waals surface area (Å²) in [4.78, 5) is 4.95. The molecule has 7 heteroatoms. The number of nitrogens with zero attached hydrogens (tertiary/aromatic N) is 4. The maximum absolute atomic E-state index is 8.19. The molecule has 104 valence electrons. The molecule has 1 radical (unpaired) electrons. The zero-order valence-corrected chi connectivity index (χ0v) is 15.6. The summed E-state index contributed by atoms with van der Waals surface area (Å²) in [6.45, 7) is 5.62. The van der Waals surface area contributed by atoms with E-state index in [-0.39, 0.29) is 47.6 Å². The maximum atomic E-state index is 8.19. The SMILES string of the molecule is C1C[N-]C2C3[N-]CCCN3CN2C1.[CH3-].[CH3-].[O]=[V].[Y]. The van der Waals surface area contributed by atoms with Gasteiger partial charge in [-0.05, 0) is 13.1 Å². The molecule has 0 saturated carbocycles. The van der Waals surface area contributed by atoms with E-state index in [0.29, 0.717) is 12.3 Å². The van der Waals surface area contributed by atoms with Crippen LogP contribution in [0.1, 0.15) is 12.8 Å². The van der Waals surface area contributed by atoms with Gasteiger partial charge in [-0.2, -0.15) is 0 Å². The van der Waals surface area contributed by atoms with Crippen molar-refractivity contribution in [3.05, 3.63) is 25.5 Å². The molecular weight excluding hydrogens is 344 g/mol. The minimum atomic E-state index is 0. The molecule has 3 saturated heterocycles. The van der Waals surface area contributed by atoms with Crippen LogP contribution in [0.3, 0.4) is 0 Å². The van der Waals surface area contributed by atoms with Crippen LogP contribution in [0.15, 0.2) is 0 Å². The first-order valence-electron chi connectivity index (χ1n) is 5.45. The quantitative estimate of drug-likeness (QED) is 0.612. The van der Waals surface area contributed by atoms with Gasteiger partial charge in [-0.3, -0.25) is 0 Å². The summed E-state index contributed by atoms with van der Waals surface area (Å²) in [5.74, 6) is 0. The van der Waals surface area contributed by atoms with Crippen LogP contribution < -0.4 is 0 Å². The summed E-state index contributed by atoms with van der Waals surface area (Å²) < 4.78 is 8.19. The average molecular weight is 366 g/mol. The third kappa shape index (κ3) is 4.71. The van der Waals surface area contributed by atoms with Crippen molar-refractivity contribution >= 4 is 0 Å². The van der Waals surface area contributed by atoms with Crippen LogP contribution in [0.2, 0.25) is 0 Å². The Morgan fingerprint density at radius 3 is 1.67 bits per heavy atom. The van der Waals surface area contributed by atoms with Gasteiger partial charge in [0, 0.05) is 39.4 Å². The Labute approximate surface area is 146 Å². The summed E-state index contributed by atoms with van der Waals surface area (Å²) in [6.07, 6.45) is 3.26. The molecule has 0 aromatic carbocycles. The molecule has 3 heterocycles. The van der Waals surface area contributed by atoms with Crippen LogP contribution in [-0.4, -0.2) is 55.0 Å². The van der Waals surface area contributed by atoms with Gasteiger partial charge in [0.2, 0.25) is 0 Å². The first-order chi connectivity index (χ1) is 7.45. The summed E-state index contributed by atoms with van der Waals surface area (Å²) >= 11 is 1.06. The fourth-order valence-corrected chi connectivity index (χ4v) is 2.60. The number of fused-ring (bicyclic) bond motifs is 3. The number of rotatable bonds is 0. The second-order valence-corrected chi connectivity index (χ2v) is 4.11. The van der Waals surface area contributed by atoms with Gasteiger partial charge in [0.15, 0.2) is 0 Å². The molecule has 2 atom stereocenters. The van der Waals surface area contributed by atoms with Crippen molar-refractivity contribution in [3.63, 3.8) is 0 Å². The van der Waals surface area contributed by atoms with Crippen molar-refractivity contribution in [2.24, 2.45) is 0 Å². The van der Waals surface area contributed by atoms with E-state index in [1.807, 2.05) is 0 Å². The van der Waals surface area contributed by atoms with Gasteiger partial charge in [0.1, 0.15) is 0 Å². The molecule has 0 amide bonds. The topological polar surface area (TPSA) is 51.8 Å². The predicted octanol–water partition coefficient (Wildman–Crippen LogP) is 1.55. The van der Waals surface area contributed by atoms with E-state index in [0.717, 1.165) is 37.1 Å². The Hall–Kier alpha value is 1.33. The Morgan fingerprint density at radius 1 is 0.889 bits per heavy atom. The van der Waals surface area contributed by atoms with Crippen LogP contribution in [-0.2, 0) is 53.8 Å². The molecule has 0 aliphatic carbocycles. The van der Waals surface area contributed by atoms with Crippen LogP contribution in [0.4, 0.5) is 0 Å². The Kier molecular flexibility index (Phi) is 13.3. The number of hydrogen-bond donors (Lipinski definition) is 0. The Bertz CT molecular complexity index is 205. The molecule has 3 rings (SSSR count). The van der Waals surface area contributed by atoms with Gasteiger partial charge in [-0.1, -0.05) is 25.2 Å². The first-order valence-corrected chi connectivity index (χ1v) is 6.02. The van der Waals surface area contributed by atoms with E-state index in [9.17, 15) is 0 Å². The van der Waals surface area contributed by atoms with Gasteiger partial charge in [0.05, 0.1) is 0 Å². The minimum absolute atomic E-state index is 0. The number of hydrogen-bond acceptors (Lipinski definition) is 3. The van der Waals surface area contributed by atoms with Crippen molar-refractivity contribution in [2.75, 3.05) is 32.8 Å². The van der Waals surface area contributed by atoms with E-state index in [4.69, 9.17) is 3.67 Å². The molecule has 3 aliphatic rings. The molecular formula is C11H22N4OVY-4. The Morgan fingerprint density at radius 2 is 1.28 bits per heavy atom. The molecule has 2 unspecified atom stereocenters. The zero-order valence-electron chi connectivity index (χ0n) is 11.3. The third-order valence-electron chi connectivity index (χ3n) is 3.22. The fraction of sp³-hybridized carbons (Fsp3) is 0.818. The van der Waals surface area contributed by atoms with Crippen molar-refractivity contribution in [2.45, 2.75) is 25.2 Å². The van der Waals surface area contributed by atoms with Gasteiger partial charge >= 0.3 is 21.0 Å². The van der Waals surface area contributed by atoms with Crippen LogP contribution in [0.25, 0.3) is 10.6 Å². The molecule has 5 nitrogen and oxygen atoms in total. The van der Waals surface area contributed by atoms with E-state index in [2.05, 4.69) is 20.4 Å². The smallest absolute Gasteiger partial charge is 0 e. The largest absolute Gasteiger partial charge is 0 e. The fourth-order valence-electron chi connectivity index (χ4n) is 2.60. The van der Waals surface area contributed by atoms with E-state index >= 15 is 0 Å². The molecule has 0 aromatic heterocycles. The second kappa shape index (κ2) is 11.0. The predicted molar refractivity (Wildman–Crippen MR) is 65.1 cm³/mol. The molecule has 18 heavy (non-hydrogen) atoms. The van der Waals surface area contributed by atoms with E-state index in [1.54, 1.807) is 0 Å². The molecule has 3 aliphatic heterocycles. The van der Waals surface area contributed by atoms with Crippen molar-refractivity contribution in [3.8, 4) is 0 Å². The Balaban J connectivity index is 0. The average Bonchev–Trinajstić information content (AvgIpc) is 2.70. The van der Waals surface area contributed by atoms with Gasteiger partial charge < -0.3 is 35.3 Å². The first kappa shape index (κ1) is 21.6. The van der Waals surface area contributed by atoms with Gasteiger partial charge in [-0.25, -0.2) is 0 Å². The standard InChI is InChI=1S/C9H16N4.2CH3.O.V.Y/c1-3-10-8-9-11-4-2-6-13(9)7-12(8)5-1;;;;;/h8-9H,1-7H2;2*1H3;;;/q-2;2*-1;;;. The van der Waals surface area contributed by atoms with Crippen LogP contribution in [0.5, 0.6) is 0 Å². The van der Waals surface area contributed by atoms with Crippen molar-refractivity contribution in [1.29, 1.82) is 0 Å². The summed E-state index contributed by atoms with van der Waals surface area (Å²) in [5, 5.41) is 9.33. The van der Waals surface area contributed by atoms with Crippen molar-refractivity contribution in [1.82, 2.24) is 9.80 Å². The van der Waals surface area contributed by atoms with Crippen molar-refractivity contribution < 1.29 is 53.8 Å². The van der Waals surface area contributed by atoms with Gasteiger partial charge in [0.25, 0.3) is 0 Å².